The Morgan fingerprint density at radius 2 is 1.87 bits per heavy atom. The highest BCUT2D eigenvalue weighted by molar-refractivity contribution is 6.09. The molecule has 2 N–H and O–H groups in total. The topological polar surface area (TPSA) is 87.7 Å². The van der Waals surface area contributed by atoms with Crippen LogP contribution >= 0.6 is 0 Å². The van der Waals surface area contributed by atoms with E-state index < -0.39 is 30.4 Å². The van der Waals surface area contributed by atoms with Gasteiger partial charge in [-0.1, -0.05) is 32.9 Å². The molecule has 1 saturated heterocycles. The van der Waals surface area contributed by atoms with E-state index in [9.17, 15) is 27.6 Å². The van der Waals surface area contributed by atoms with Gasteiger partial charge < -0.3 is 15.4 Å². The number of amides is 4. The lowest BCUT2D eigenvalue weighted by Gasteiger charge is -2.43. The molecular weight excluding hydrogens is 415 g/mol. The third-order valence-corrected chi connectivity index (χ3v) is 5.57. The number of nitrogens with one attached hydrogen (secondary N) is 2. The van der Waals surface area contributed by atoms with Crippen LogP contribution in [0.5, 0.6) is 5.75 Å². The van der Waals surface area contributed by atoms with Gasteiger partial charge in [0.2, 0.25) is 5.91 Å². The third-order valence-electron chi connectivity index (χ3n) is 5.57. The molecule has 0 aromatic heterocycles. The molecule has 2 aliphatic rings. The molecule has 2 fully saturated rings. The molecule has 3 rings (SSSR count). The first-order valence-electron chi connectivity index (χ1n) is 10.0. The second kappa shape index (κ2) is 8.05. The Bertz CT molecular complexity index is 870. The molecule has 1 aromatic rings. The maximum absolute atomic E-state index is 13.0. The minimum atomic E-state index is -4.78. The van der Waals surface area contributed by atoms with Gasteiger partial charge in [-0.05, 0) is 48.3 Å². The summed E-state index contributed by atoms with van der Waals surface area (Å²) >= 11 is 0. The number of benzene rings is 1. The summed E-state index contributed by atoms with van der Waals surface area (Å²) in [6, 6.07) is 4.47. The monoisotopic (exact) mass is 441 g/mol. The predicted octanol–water partition coefficient (Wildman–Crippen LogP) is 3.34. The molecule has 1 aromatic carbocycles. The van der Waals surface area contributed by atoms with Gasteiger partial charge in [0.15, 0.2) is 0 Å². The van der Waals surface area contributed by atoms with Crippen molar-refractivity contribution in [2.75, 3.05) is 6.54 Å². The Kier molecular flexibility index (Phi) is 5.94. The number of alkyl halides is 3. The van der Waals surface area contributed by atoms with Crippen LogP contribution < -0.4 is 15.4 Å². The van der Waals surface area contributed by atoms with Crippen LogP contribution in [0.4, 0.5) is 18.0 Å². The van der Waals surface area contributed by atoms with Gasteiger partial charge in [-0.15, -0.1) is 13.2 Å². The third kappa shape index (κ3) is 5.48. The molecule has 1 spiro atoms. The zero-order valence-corrected chi connectivity index (χ0v) is 17.6. The predicted molar refractivity (Wildman–Crippen MR) is 105 cm³/mol. The lowest BCUT2D eigenvalue weighted by molar-refractivity contribution is -0.274. The lowest BCUT2D eigenvalue weighted by atomic mass is 9.64. The summed E-state index contributed by atoms with van der Waals surface area (Å²) < 4.78 is 40.4. The average Bonchev–Trinajstić information content (AvgIpc) is 2.81. The lowest BCUT2D eigenvalue weighted by Crippen LogP contribution is -2.54. The van der Waals surface area contributed by atoms with Gasteiger partial charge in [-0.2, -0.15) is 0 Å². The molecule has 0 bridgehead atoms. The molecule has 1 saturated carbocycles. The maximum Gasteiger partial charge on any atom is 0.573 e. The van der Waals surface area contributed by atoms with Gasteiger partial charge in [-0.3, -0.25) is 14.5 Å². The van der Waals surface area contributed by atoms with Gasteiger partial charge in [0.1, 0.15) is 17.8 Å². The van der Waals surface area contributed by atoms with E-state index in [1.807, 2.05) is 6.92 Å². The Hall–Kier alpha value is -2.78. The molecule has 170 valence electrons. The Labute approximate surface area is 178 Å². The van der Waals surface area contributed by atoms with Crippen molar-refractivity contribution < 1.29 is 32.3 Å². The van der Waals surface area contributed by atoms with E-state index in [-0.39, 0.29) is 29.5 Å². The van der Waals surface area contributed by atoms with Crippen LogP contribution in [0.25, 0.3) is 0 Å². The molecule has 7 nitrogen and oxygen atoms in total. The number of hydrogen-bond donors (Lipinski definition) is 2. The van der Waals surface area contributed by atoms with Crippen LogP contribution in [0.2, 0.25) is 0 Å². The number of carbonyl (C=O) groups is 3. The maximum atomic E-state index is 13.0. The number of carbonyl (C=O) groups excluding carboxylic acids is 3. The van der Waals surface area contributed by atoms with Gasteiger partial charge in [-0.25, -0.2) is 4.79 Å². The van der Waals surface area contributed by atoms with E-state index in [2.05, 4.69) is 29.2 Å². The van der Waals surface area contributed by atoms with E-state index in [1.54, 1.807) is 0 Å². The molecule has 2 unspecified atom stereocenters. The first-order chi connectivity index (χ1) is 14.3. The number of imide groups is 1. The summed E-state index contributed by atoms with van der Waals surface area (Å²) in [6.07, 6.45) is -2.78. The van der Waals surface area contributed by atoms with E-state index >= 15 is 0 Å². The highest BCUT2D eigenvalue weighted by Crippen LogP contribution is 2.46. The van der Waals surface area contributed by atoms with Crippen LogP contribution in [0.1, 0.15) is 45.6 Å². The second-order valence-electron chi connectivity index (χ2n) is 9.23. The standard InChI is InChI=1S/C21H26F3N3O4/c1-13-8-19(2,3)12-20(9-13)17(29)27(18(30)26-20)11-16(28)25-10-14-4-6-15(7-5-14)31-21(22,23)24/h4-7,13H,8-12H2,1-3H3,(H,25,28)(H,26,30). The fourth-order valence-electron chi connectivity index (χ4n) is 4.86. The van der Waals surface area contributed by atoms with Crippen molar-refractivity contribution in [3.8, 4) is 5.75 Å². The Morgan fingerprint density at radius 3 is 2.45 bits per heavy atom. The second-order valence-corrected chi connectivity index (χ2v) is 9.23. The van der Waals surface area contributed by atoms with Crippen molar-refractivity contribution in [3.63, 3.8) is 0 Å². The molecule has 0 radical (unpaired) electrons. The number of halogens is 3. The van der Waals surface area contributed by atoms with Crippen molar-refractivity contribution in [3.05, 3.63) is 29.8 Å². The van der Waals surface area contributed by atoms with Crippen molar-refractivity contribution in [1.82, 2.24) is 15.5 Å². The number of rotatable bonds is 5. The number of nitrogens with zero attached hydrogens (tertiary/aromatic N) is 1. The summed E-state index contributed by atoms with van der Waals surface area (Å²) in [5, 5.41) is 5.39. The smallest absolute Gasteiger partial charge is 0.406 e. The summed E-state index contributed by atoms with van der Waals surface area (Å²) in [5.41, 5.74) is -0.548. The zero-order chi connectivity index (χ0) is 23.0. The number of urea groups is 1. The zero-order valence-electron chi connectivity index (χ0n) is 17.6. The molecule has 4 amide bonds. The largest absolute Gasteiger partial charge is 0.573 e. The van der Waals surface area contributed by atoms with Crippen LogP contribution in [-0.4, -0.2) is 41.2 Å². The fraction of sp³-hybridized carbons (Fsp3) is 0.571. The van der Waals surface area contributed by atoms with E-state index in [0.717, 1.165) is 23.5 Å². The molecule has 1 heterocycles. The van der Waals surface area contributed by atoms with Crippen LogP contribution in [0.15, 0.2) is 24.3 Å². The highest BCUT2D eigenvalue weighted by atomic mass is 19.4. The van der Waals surface area contributed by atoms with Gasteiger partial charge >= 0.3 is 12.4 Å². The molecule has 10 heteroatoms. The van der Waals surface area contributed by atoms with Crippen LogP contribution in [-0.2, 0) is 16.1 Å². The van der Waals surface area contributed by atoms with E-state index in [0.29, 0.717) is 18.4 Å². The van der Waals surface area contributed by atoms with E-state index in [1.165, 1.54) is 12.1 Å². The Balaban J connectivity index is 1.57. The summed E-state index contributed by atoms with van der Waals surface area (Å²) in [4.78, 5) is 38.7. The van der Waals surface area contributed by atoms with Crippen molar-refractivity contribution in [2.24, 2.45) is 11.3 Å². The minimum Gasteiger partial charge on any atom is -0.406 e. The van der Waals surface area contributed by atoms with Crippen molar-refractivity contribution >= 4 is 17.8 Å². The normalized spacial score (nSPS) is 25.5. The average molecular weight is 441 g/mol. The molecule has 1 aliphatic heterocycles. The summed E-state index contributed by atoms with van der Waals surface area (Å²) in [5.74, 6) is -1.04. The summed E-state index contributed by atoms with van der Waals surface area (Å²) in [6.45, 7) is 5.78. The minimum absolute atomic E-state index is 0.0317. The number of ether oxygens (including phenoxy) is 1. The molecule has 2 atom stereocenters. The quantitative estimate of drug-likeness (QED) is 0.686. The van der Waals surface area contributed by atoms with Crippen LogP contribution in [0, 0.1) is 11.3 Å². The van der Waals surface area contributed by atoms with Gasteiger partial charge in [0, 0.05) is 6.54 Å². The van der Waals surface area contributed by atoms with Crippen molar-refractivity contribution in [2.45, 2.75) is 58.5 Å². The first-order valence-corrected chi connectivity index (χ1v) is 10.0. The molecule has 31 heavy (non-hydrogen) atoms. The number of hydrogen-bond acceptors (Lipinski definition) is 4. The van der Waals surface area contributed by atoms with Gasteiger partial charge in [0.05, 0.1) is 0 Å². The SMILES string of the molecule is CC1CC(C)(C)CC2(C1)NC(=O)N(CC(=O)NCc1ccc(OC(F)(F)F)cc1)C2=O. The highest BCUT2D eigenvalue weighted by Gasteiger charge is 2.56. The van der Waals surface area contributed by atoms with Crippen molar-refractivity contribution in [1.29, 1.82) is 0 Å². The Morgan fingerprint density at radius 1 is 1.23 bits per heavy atom. The van der Waals surface area contributed by atoms with E-state index in [4.69, 9.17) is 0 Å². The van der Waals surface area contributed by atoms with Crippen LogP contribution in [0.3, 0.4) is 0 Å². The molecule has 1 aliphatic carbocycles. The first kappa shape index (κ1) is 22.9. The summed E-state index contributed by atoms with van der Waals surface area (Å²) in [7, 11) is 0. The molecular formula is C21H26F3N3O4. The van der Waals surface area contributed by atoms with Gasteiger partial charge in [0.25, 0.3) is 5.91 Å². The fourth-order valence-corrected chi connectivity index (χ4v) is 4.86.